The highest BCUT2D eigenvalue weighted by Crippen LogP contribution is 2.23. The smallest absolute Gasteiger partial charge is 0.258 e. The van der Waals surface area contributed by atoms with Crippen LogP contribution in [0.1, 0.15) is 10.4 Å². The molecular weight excluding hydrogens is 348 g/mol. The van der Waals surface area contributed by atoms with Crippen LogP contribution in [0, 0.1) is 11.6 Å². The Morgan fingerprint density at radius 2 is 1.68 bits per heavy atom. The molecule has 2 aromatic carbocycles. The van der Waals surface area contributed by atoms with E-state index < -0.39 is 17.5 Å². The molecule has 0 spiro atoms. The van der Waals surface area contributed by atoms with Crippen molar-refractivity contribution >= 4 is 34.7 Å². The fraction of sp³-hybridized carbons (Fsp3) is 0. The zero-order valence-corrected chi connectivity index (χ0v) is 13.5. The second kappa shape index (κ2) is 7.27. The predicted octanol–water partition coefficient (Wildman–Crippen LogP) is 5.01. The summed E-state index contributed by atoms with van der Waals surface area (Å²) in [5.74, 6) is -1.55. The topological polar surface area (TPSA) is 54.0 Å². The number of anilines is 3. The molecule has 3 rings (SSSR count). The fourth-order valence-electron chi connectivity index (χ4n) is 2.13. The quantitative estimate of drug-likeness (QED) is 0.688. The first kappa shape index (κ1) is 16.9. The third-order valence-electron chi connectivity index (χ3n) is 3.36. The SMILES string of the molecule is O=C(Nc1ccc(Nc2c(F)cccc2F)cn1)c1ccccc1Cl. The van der Waals surface area contributed by atoms with Gasteiger partial charge in [-0.2, -0.15) is 0 Å². The number of para-hydroxylation sites is 1. The van der Waals surface area contributed by atoms with Crippen molar-refractivity contribution in [3.8, 4) is 0 Å². The molecule has 0 radical (unpaired) electrons. The molecule has 0 aliphatic carbocycles. The molecule has 0 aliphatic heterocycles. The van der Waals surface area contributed by atoms with E-state index in [1.165, 1.54) is 18.3 Å². The summed E-state index contributed by atoms with van der Waals surface area (Å²) in [6.07, 6.45) is 1.36. The van der Waals surface area contributed by atoms with Crippen LogP contribution in [-0.4, -0.2) is 10.9 Å². The number of halogens is 3. The van der Waals surface area contributed by atoms with Gasteiger partial charge in [0.25, 0.3) is 5.91 Å². The summed E-state index contributed by atoms with van der Waals surface area (Å²) in [5, 5.41) is 5.55. The minimum Gasteiger partial charge on any atom is -0.349 e. The number of hydrogen-bond donors (Lipinski definition) is 2. The van der Waals surface area contributed by atoms with Gasteiger partial charge in [0, 0.05) is 0 Å². The van der Waals surface area contributed by atoms with Gasteiger partial charge in [-0.25, -0.2) is 13.8 Å². The maximum absolute atomic E-state index is 13.6. The largest absolute Gasteiger partial charge is 0.349 e. The average molecular weight is 360 g/mol. The van der Waals surface area contributed by atoms with Gasteiger partial charge in [-0.3, -0.25) is 4.79 Å². The Morgan fingerprint density at radius 3 is 2.32 bits per heavy atom. The molecule has 25 heavy (non-hydrogen) atoms. The fourth-order valence-corrected chi connectivity index (χ4v) is 2.35. The highest BCUT2D eigenvalue weighted by molar-refractivity contribution is 6.34. The lowest BCUT2D eigenvalue weighted by molar-refractivity contribution is 0.102. The second-order valence-electron chi connectivity index (χ2n) is 5.09. The van der Waals surface area contributed by atoms with Gasteiger partial charge in [0.2, 0.25) is 0 Å². The Hall–Kier alpha value is -2.99. The van der Waals surface area contributed by atoms with E-state index in [4.69, 9.17) is 11.6 Å². The summed E-state index contributed by atoms with van der Waals surface area (Å²) in [6, 6.07) is 13.3. The van der Waals surface area contributed by atoms with Crippen LogP contribution in [0.5, 0.6) is 0 Å². The monoisotopic (exact) mass is 359 g/mol. The molecule has 0 bridgehead atoms. The van der Waals surface area contributed by atoms with Crippen LogP contribution < -0.4 is 10.6 Å². The van der Waals surface area contributed by atoms with E-state index in [0.717, 1.165) is 12.1 Å². The molecule has 0 atom stereocenters. The van der Waals surface area contributed by atoms with Crippen molar-refractivity contribution in [2.24, 2.45) is 0 Å². The number of nitrogens with zero attached hydrogens (tertiary/aromatic N) is 1. The van der Waals surface area contributed by atoms with Crippen molar-refractivity contribution in [3.63, 3.8) is 0 Å². The van der Waals surface area contributed by atoms with Gasteiger partial charge in [-0.05, 0) is 36.4 Å². The van der Waals surface area contributed by atoms with E-state index in [2.05, 4.69) is 15.6 Å². The van der Waals surface area contributed by atoms with Crippen LogP contribution in [0.4, 0.5) is 26.0 Å². The maximum Gasteiger partial charge on any atom is 0.258 e. The number of pyridine rings is 1. The lowest BCUT2D eigenvalue weighted by Crippen LogP contribution is -2.13. The van der Waals surface area contributed by atoms with Crippen molar-refractivity contribution < 1.29 is 13.6 Å². The Labute approximate surface area is 147 Å². The second-order valence-corrected chi connectivity index (χ2v) is 5.49. The first-order chi connectivity index (χ1) is 12.0. The van der Waals surface area contributed by atoms with E-state index in [1.54, 1.807) is 30.3 Å². The van der Waals surface area contributed by atoms with Crippen LogP contribution in [0.25, 0.3) is 0 Å². The maximum atomic E-state index is 13.6. The molecule has 0 saturated heterocycles. The molecule has 0 saturated carbocycles. The summed E-state index contributed by atoms with van der Waals surface area (Å²) in [6.45, 7) is 0. The molecule has 0 fully saturated rings. The summed E-state index contributed by atoms with van der Waals surface area (Å²) in [5.41, 5.74) is 0.429. The van der Waals surface area contributed by atoms with Crippen LogP contribution in [0.2, 0.25) is 5.02 Å². The highest BCUT2D eigenvalue weighted by atomic mass is 35.5. The number of carbonyl (C=O) groups excluding carboxylic acids is 1. The molecule has 0 aliphatic rings. The number of aromatic nitrogens is 1. The normalized spacial score (nSPS) is 10.4. The van der Waals surface area contributed by atoms with Crippen molar-refractivity contribution in [1.82, 2.24) is 4.98 Å². The van der Waals surface area contributed by atoms with E-state index in [1.807, 2.05) is 0 Å². The third-order valence-corrected chi connectivity index (χ3v) is 3.69. The lowest BCUT2D eigenvalue weighted by atomic mass is 10.2. The van der Waals surface area contributed by atoms with Gasteiger partial charge in [0.1, 0.15) is 23.1 Å². The summed E-state index contributed by atoms with van der Waals surface area (Å²) in [4.78, 5) is 16.2. The molecule has 1 amide bonds. The van der Waals surface area contributed by atoms with Crippen LogP contribution >= 0.6 is 11.6 Å². The van der Waals surface area contributed by atoms with E-state index in [9.17, 15) is 13.6 Å². The molecule has 0 unspecified atom stereocenters. The average Bonchev–Trinajstić information content (AvgIpc) is 2.60. The van der Waals surface area contributed by atoms with Crippen molar-refractivity contribution in [1.29, 1.82) is 0 Å². The van der Waals surface area contributed by atoms with Gasteiger partial charge in [0.15, 0.2) is 0 Å². The van der Waals surface area contributed by atoms with Gasteiger partial charge in [-0.1, -0.05) is 29.8 Å². The van der Waals surface area contributed by atoms with Crippen LogP contribution in [-0.2, 0) is 0 Å². The highest BCUT2D eigenvalue weighted by Gasteiger charge is 2.11. The number of rotatable bonds is 4. The zero-order chi connectivity index (χ0) is 17.8. The Kier molecular flexibility index (Phi) is 4.90. The summed E-state index contributed by atoms with van der Waals surface area (Å²) >= 11 is 5.97. The van der Waals surface area contributed by atoms with Crippen molar-refractivity contribution in [3.05, 3.63) is 83.0 Å². The molecule has 2 N–H and O–H groups in total. The molecule has 1 heterocycles. The first-order valence-corrected chi connectivity index (χ1v) is 7.65. The predicted molar refractivity (Wildman–Crippen MR) is 93.3 cm³/mol. The van der Waals surface area contributed by atoms with E-state index in [0.29, 0.717) is 16.3 Å². The van der Waals surface area contributed by atoms with E-state index >= 15 is 0 Å². The number of hydrogen-bond acceptors (Lipinski definition) is 3. The van der Waals surface area contributed by atoms with Crippen molar-refractivity contribution in [2.75, 3.05) is 10.6 Å². The number of benzene rings is 2. The van der Waals surface area contributed by atoms with Crippen LogP contribution in [0.15, 0.2) is 60.8 Å². The minimum absolute atomic E-state index is 0.267. The number of amides is 1. The molecular formula is C18H12ClF2N3O. The number of nitrogens with one attached hydrogen (secondary N) is 2. The Bertz CT molecular complexity index is 896. The molecule has 4 nitrogen and oxygen atoms in total. The Balaban J connectivity index is 1.72. The molecule has 7 heteroatoms. The van der Waals surface area contributed by atoms with Gasteiger partial charge in [-0.15, -0.1) is 0 Å². The van der Waals surface area contributed by atoms with Crippen molar-refractivity contribution in [2.45, 2.75) is 0 Å². The summed E-state index contributed by atoms with van der Waals surface area (Å²) < 4.78 is 27.2. The molecule has 3 aromatic rings. The lowest BCUT2D eigenvalue weighted by Gasteiger charge is -2.10. The summed E-state index contributed by atoms with van der Waals surface area (Å²) in [7, 11) is 0. The van der Waals surface area contributed by atoms with E-state index in [-0.39, 0.29) is 11.5 Å². The molecule has 1 aromatic heterocycles. The van der Waals surface area contributed by atoms with Gasteiger partial charge < -0.3 is 10.6 Å². The zero-order valence-electron chi connectivity index (χ0n) is 12.8. The van der Waals surface area contributed by atoms with Crippen LogP contribution in [0.3, 0.4) is 0 Å². The standard InChI is InChI=1S/C18H12ClF2N3O/c19-13-5-2-1-4-12(13)18(25)24-16-9-8-11(10-22-16)23-17-14(20)6-3-7-15(17)21/h1-10,23H,(H,22,24,25). The minimum atomic E-state index is -0.712. The first-order valence-electron chi connectivity index (χ1n) is 7.27. The molecule has 126 valence electrons. The third kappa shape index (κ3) is 3.92. The van der Waals surface area contributed by atoms with Gasteiger partial charge >= 0.3 is 0 Å². The van der Waals surface area contributed by atoms with Gasteiger partial charge in [0.05, 0.1) is 22.5 Å². The Morgan fingerprint density at radius 1 is 0.960 bits per heavy atom. The number of carbonyl (C=O) groups is 1.